The molecule has 0 aromatic heterocycles. The van der Waals surface area contributed by atoms with E-state index in [-0.39, 0.29) is 16.3 Å². The summed E-state index contributed by atoms with van der Waals surface area (Å²) in [5.41, 5.74) is 5.10. The van der Waals surface area contributed by atoms with Crippen LogP contribution >= 0.6 is 11.6 Å². The fourth-order valence-corrected chi connectivity index (χ4v) is 3.73. The van der Waals surface area contributed by atoms with Crippen LogP contribution in [0.2, 0.25) is 5.02 Å². The smallest absolute Gasteiger partial charge is 0.175 e. The van der Waals surface area contributed by atoms with Crippen molar-refractivity contribution in [3.8, 4) is 0 Å². The van der Waals surface area contributed by atoms with Crippen molar-refractivity contribution in [1.29, 1.82) is 0 Å². The van der Waals surface area contributed by atoms with Gasteiger partial charge in [-0.25, -0.2) is 13.4 Å². The van der Waals surface area contributed by atoms with Gasteiger partial charge in [0, 0.05) is 22.4 Å². The normalized spacial score (nSPS) is 20.6. The van der Waals surface area contributed by atoms with Gasteiger partial charge >= 0.3 is 0 Å². The molecule has 1 heterocycles. The van der Waals surface area contributed by atoms with E-state index in [9.17, 15) is 13.5 Å². The third-order valence-corrected chi connectivity index (χ3v) is 5.03. The zero-order chi connectivity index (χ0) is 16.1. The second-order valence-corrected chi connectivity index (χ2v) is 7.56. The standard InChI is InChI=1S/C15H13ClN2O3S/c1-22(20,21)13-5-3-2-4-10(13)15(19)11-8-9(16)6-7-12(11)18-14(15)17/h2-8,19H,1H3,(H2,17,18). The number of aliphatic imine (C=N–C) groups is 1. The van der Waals surface area contributed by atoms with Crippen LogP contribution in [0, 0.1) is 0 Å². The Labute approximate surface area is 133 Å². The SMILES string of the molecule is CS(=O)(=O)c1ccccc1C1(O)C(N)=Nc2ccc(Cl)cc21. The maximum absolute atomic E-state index is 12.0. The maximum atomic E-state index is 12.0. The Morgan fingerprint density at radius 1 is 1.18 bits per heavy atom. The molecule has 2 aromatic rings. The highest BCUT2D eigenvalue weighted by Crippen LogP contribution is 2.44. The largest absolute Gasteiger partial charge is 0.384 e. The summed E-state index contributed by atoms with van der Waals surface area (Å²) < 4.78 is 24.0. The number of benzene rings is 2. The third kappa shape index (κ3) is 2.11. The first kappa shape index (κ1) is 15.0. The second kappa shape index (κ2) is 4.81. The minimum Gasteiger partial charge on any atom is -0.384 e. The number of hydrogen-bond acceptors (Lipinski definition) is 5. The van der Waals surface area contributed by atoms with Gasteiger partial charge in [0.25, 0.3) is 0 Å². The Balaban J connectivity index is 2.35. The molecule has 3 rings (SSSR count). The summed E-state index contributed by atoms with van der Waals surface area (Å²) in [6.07, 6.45) is 1.08. The number of aliphatic hydroxyl groups is 1. The molecule has 1 unspecified atom stereocenters. The summed E-state index contributed by atoms with van der Waals surface area (Å²) in [5.74, 6) is -0.0825. The van der Waals surface area contributed by atoms with Gasteiger partial charge in [-0.05, 0) is 24.3 Å². The van der Waals surface area contributed by atoms with E-state index in [0.717, 1.165) is 6.26 Å². The van der Waals surface area contributed by atoms with Gasteiger partial charge in [0.2, 0.25) is 0 Å². The van der Waals surface area contributed by atoms with Gasteiger partial charge in [-0.15, -0.1) is 0 Å². The lowest BCUT2D eigenvalue weighted by atomic mass is 9.86. The molecular weight excluding hydrogens is 324 g/mol. The lowest BCUT2D eigenvalue weighted by molar-refractivity contribution is 0.155. The molecule has 2 aromatic carbocycles. The van der Waals surface area contributed by atoms with E-state index in [1.54, 1.807) is 30.3 Å². The summed E-state index contributed by atoms with van der Waals surface area (Å²) in [6, 6.07) is 11.0. The number of rotatable bonds is 2. The van der Waals surface area contributed by atoms with E-state index in [1.807, 2.05) is 0 Å². The Morgan fingerprint density at radius 2 is 1.86 bits per heavy atom. The van der Waals surface area contributed by atoms with Gasteiger partial charge in [0.1, 0.15) is 5.84 Å². The van der Waals surface area contributed by atoms with E-state index in [0.29, 0.717) is 16.3 Å². The molecule has 0 bridgehead atoms. The van der Waals surface area contributed by atoms with Crippen LogP contribution in [0.15, 0.2) is 52.4 Å². The Hall–Kier alpha value is -1.89. The molecule has 1 aliphatic rings. The van der Waals surface area contributed by atoms with Crippen LogP contribution in [0.1, 0.15) is 11.1 Å². The molecule has 0 aliphatic carbocycles. The first-order valence-corrected chi connectivity index (χ1v) is 8.68. The van der Waals surface area contributed by atoms with E-state index >= 15 is 0 Å². The van der Waals surface area contributed by atoms with Gasteiger partial charge in [0.15, 0.2) is 15.4 Å². The van der Waals surface area contributed by atoms with Crippen LogP contribution in [0.4, 0.5) is 5.69 Å². The van der Waals surface area contributed by atoms with Gasteiger partial charge in [-0.1, -0.05) is 29.8 Å². The second-order valence-electron chi connectivity index (χ2n) is 5.14. The molecular formula is C15H13ClN2O3S. The molecule has 22 heavy (non-hydrogen) atoms. The van der Waals surface area contributed by atoms with Crippen molar-refractivity contribution in [3.05, 3.63) is 58.6 Å². The number of sulfone groups is 1. The Kier molecular flexibility index (Phi) is 3.28. The fourth-order valence-electron chi connectivity index (χ4n) is 2.62. The first-order valence-electron chi connectivity index (χ1n) is 6.41. The van der Waals surface area contributed by atoms with Gasteiger partial charge in [0.05, 0.1) is 10.6 Å². The lowest BCUT2D eigenvalue weighted by Gasteiger charge is -2.26. The van der Waals surface area contributed by atoms with Crippen molar-refractivity contribution < 1.29 is 13.5 Å². The predicted octanol–water partition coefficient (Wildman–Crippen LogP) is 1.98. The maximum Gasteiger partial charge on any atom is 0.175 e. The van der Waals surface area contributed by atoms with Crippen LogP contribution in [0.5, 0.6) is 0 Å². The van der Waals surface area contributed by atoms with Gasteiger partial charge < -0.3 is 10.8 Å². The number of hydrogen-bond donors (Lipinski definition) is 2. The van der Waals surface area contributed by atoms with Crippen molar-refractivity contribution in [2.24, 2.45) is 10.7 Å². The highest BCUT2D eigenvalue weighted by atomic mass is 35.5. The summed E-state index contributed by atoms with van der Waals surface area (Å²) in [6.45, 7) is 0. The molecule has 0 saturated carbocycles. The third-order valence-electron chi connectivity index (χ3n) is 3.64. The number of nitrogens with two attached hydrogens (primary N) is 1. The zero-order valence-electron chi connectivity index (χ0n) is 11.6. The predicted molar refractivity (Wildman–Crippen MR) is 85.3 cm³/mol. The highest BCUT2D eigenvalue weighted by molar-refractivity contribution is 7.90. The molecule has 0 spiro atoms. The quantitative estimate of drug-likeness (QED) is 0.877. The summed E-state index contributed by atoms with van der Waals surface area (Å²) >= 11 is 5.99. The Morgan fingerprint density at radius 3 is 2.55 bits per heavy atom. The van der Waals surface area contributed by atoms with E-state index < -0.39 is 15.4 Å². The molecule has 5 nitrogen and oxygen atoms in total. The summed E-state index contributed by atoms with van der Waals surface area (Å²) in [5, 5.41) is 11.6. The van der Waals surface area contributed by atoms with Crippen LogP contribution in [0.25, 0.3) is 0 Å². The zero-order valence-corrected chi connectivity index (χ0v) is 13.2. The van der Waals surface area contributed by atoms with Crippen molar-refractivity contribution >= 4 is 33.0 Å². The van der Waals surface area contributed by atoms with Crippen LogP contribution < -0.4 is 5.73 Å². The molecule has 114 valence electrons. The minimum absolute atomic E-state index is 0.00322. The number of amidine groups is 1. The molecule has 0 fully saturated rings. The van der Waals surface area contributed by atoms with Crippen LogP contribution in [0.3, 0.4) is 0 Å². The molecule has 1 atom stereocenters. The van der Waals surface area contributed by atoms with E-state index in [4.69, 9.17) is 17.3 Å². The monoisotopic (exact) mass is 336 g/mol. The molecule has 0 radical (unpaired) electrons. The summed E-state index contributed by atoms with van der Waals surface area (Å²) in [4.78, 5) is 4.14. The average Bonchev–Trinajstić information content (AvgIpc) is 2.71. The number of fused-ring (bicyclic) bond motifs is 1. The minimum atomic E-state index is -3.55. The fraction of sp³-hybridized carbons (Fsp3) is 0.133. The number of halogens is 1. The summed E-state index contributed by atoms with van der Waals surface area (Å²) in [7, 11) is -3.55. The average molecular weight is 337 g/mol. The molecule has 7 heteroatoms. The van der Waals surface area contributed by atoms with E-state index in [1.165, 1.54) is 12.1 Å². The van der Waals surface area contributed by atoms with Gasteiger partial charge in [-0.2, -0.15) is 0 Å². The van der Waals surface area contributed by atoms with E-state index in [2.05, 4.69) is 4.99 Å². The molecule has 1 aliphatic heterocycles. The van der Waals surface area contributed by atoms with Crippen LogP contribution in [-0.4, -0.2) is 25.6 Å². The molecule has 0 saturated heterocycles. The van der Waals surface area contributed by atoms with Crippen molar-refractivity contribution in [3.63, 3.8) is 0 Å². The lowest BCUT2D eigenvalue weighted by Crippen LogP contribution is -2.40. The number of nitrogens with zero attached hydrogens (tertiary/aromatic N) is 1. The van der Waals surface area contributed by atoms with Crippen molar-refractivity contribution in [1.82, 2.24) is 0 Å². The van der Waals surface area contributed by atoms with Crippen molar-refractivity contribution in [2.75, 3.05) is 6.26 Å². The highest BCUT2D eigenvalue weighted by Gasteiger charge is 2.44. The molecule has 0 amide bonds. The van der Waals surface area contributed by atoms with Crippen LogP contribution in [-0.2, 0) is 15.4 Å². The topological polar surface area (TPSA) is 92.8 Å². The molecule has 3 N–H and O–H groups in total. The van der Waals surface area contributed by atoms with Crippen molar-refractivity contribution in [2.45, 2.75) is 10.5 Å². The van der Waals surface area contributed by atoms with Gasteiger partial charge in [-0.3, -0.25) is 0 Å². The Bertz CT molecular complexity index is 909. The first-order chi connectivity index (χ1) is 10.2.